The number of pyridine rings is 1. The standard InChI is InChI=1S/C17H14N4O/c1-9-10(2)20-21-14(9)17(22)16-15-12(7-8-18-16)11-5-3-4-6-13(11)19-15/h3-8,19H,1-2H3,(H,20,21). The summed E-state index contributed by atoms with van der Waals surface area (Å²) >= 11 is 0. The molecule has 0 aliphatic heterocycles. The Morgan fingerprint density at radius 1 is 1.05 bits per heavy atom. The highest BCUT2D eigenvalue weighted by Gasteiger charge is 2.21. The number of carbonyl (C=O) groups is 1. The maximum absolute atomic E-state index is 12.8. The molecule has 0 aliphatic carbocycles. The number of fused-ring (bicyclic) bond motifs is 3. The number of nitrogens with one attached hydrogen (secondary N) is 2. The van der Waals surface area contributed by atoms with E-state index in [1.54, 1.807) is 6.20 Å². The van der Waals surface area contributed by atoms with Crippen molar-refractivity contribution in [1.82, 2.24) is 20.2 Å². The van der Waals surface area contributed by atoms with Crippen molar-refractivity contribution in [3.8, 4) is 0 Å². The third-order valence-electron chi connectivity index (χ3n) is 4.11. The number of rotatable bonds is 2. The van der Waals surface area contributed by atoms with Gasteiger partial charge in [-0.15, -0.1) is 0 Å². The lowest BCUT2D eigenvalue weighted by molar-refractivity contribution is 0.103. The van der Waals surface area contributed by atoms with Gasteiger partial charge in [0.05, 0.1) is 5.52 Å². The molecule has 0 unspecified atom stereocenters. The van der Waals surface area contributed by atoms with Crippen LogP contribution in [0, 0.1) is 13.8 Å². The van der Waals surface area contributed by atoms with Crippen molar-refractivity contribution in [2.75, 3.05) is 0 Å². The van der Waals surface area contributed by atoms with E-state index in [9.17, 15) is 4.79 Å². The molecule has 0 saturated heterocycles. The van der Waals surface area contributed by atoms with Gasteiger partial charge in [-0.05, 0) is 26.0 Å². The molecule has 0 aliphatic rings. The van der Waals surface area contributed by atoms with Gasteiger partial charge in [0.2, 0.25) is 5.78 Å². The first-order valence-electron chi connectivity index (χ1n) is 7.08. The Kier molecular flexibility index (Phi) is 2.63. The van der Waals surface area contributed by atoms with Crippen molar-refractivity contribution < 1.29 is 4.79 Å². The van der Waals surface area contributed by atoms with Crippen LogP contribution in [0.5, 0.6) is 0 Å². The smallest absolute Gasteiger partial charge is 0.233 e. The summed E-state index contributed by atoms with van der Waals surface area (Å²) in [6.45, 7) is 3.79. The van der Waals surface area contributed by atoms with Gasteiger partial charge in [-0.1, -0.05) is 18.2 Å². The molecule has 22 heavy (non-hydrogen) atoms. The van der Waals surface area contributed by atoms with Crippen LogP contribution in [0.25, 0.3) is 21.8 Å². The van der Waals surface area contributed by atoms with E-state index in [1.165, 1.54) is 0 Å². The molecule has 0 saturated carbocycles. The van der Waals surface area contributed by atoms with Crippen molar-refractivity contribution >= 4 is 27.6 Å². The second kappa shape index (κ2) is 4.53. The normalized spacial score (nSPS) is 11.4. The summed E-state index contributed by atoms with van der Waals surface area (Å²) in [6, 6.07) is 9.90. The first-order chi connectivity index (χ1) is 10.7. The summed E-state index contributed by atoms with van der Waals surface area (Å²) in [4.78, 5) is 20.4. The number of H-pyrrole nitrogens is 2. The van der Waals surface area contributed by atoms with Crippen molar-refractivity contribution in [3.63, 3.8) is 0 Å². The van der Waals surface area contributed by atoms with Crippen LogP contribution in [-0.2, 0) is 0 Å². The van der Waals surface area contributed by atoms with Crippen molar-refractivity contribution in [1.29, 1.82) is 0 Å². The van der Waals surface area contributed by atoms with Gasteiger partial charge in [-0.3, -0.25) is 14.9 Å². The minimum Gasteiger partial charge on any atom is -0.353 e. The van der Waals surface area contributed by atoms with E-state index in [1.807, 2.05) is 44.2 Å². The van der Waals surface area contributed by atoms with Gasteiger partial charge in [0, 0.05) is 33.7 Å². The Morgan fingerprint density at radius 2 is 1.86 bits per heavy atom. The summed E-state index contributed by atoms with van der Waals surface area (Å²) in [7, 11) is 0. The number of aromatic nitrogens is 4. The van der Waals surface area contributed by atoms with Crippen LogP contribution in [0.15, 0.2) is 36.5 Å². The molecular weight excluding hydrogens is 276 g/mol. The quantitative estimate of drug-likeness (QED) is 0.556. The first-order valence-corrected chi connectivity index (χ1v) is 7.08. The largest absolute Gasteiger partial charge is 0.353 e. The zero-order chi connectivity index (χ0) is 15.3. The minimum absolute atomic E-state index is 0.168. The van der Waals surface area contributed by atoms with Crippen LogP contribution in [0.2, 0.25) is 0 Å². The lowest BCUT2D eigenvalue weighted by atomic mass is 10.1. The second-order valence-corrected chi connectivity index (χ2v) is 5.40. The highest BCUT2D eigenvalue weighted by molar-refractivity contribution is 6.18. The van der Waals surface area contributed by atoms with Gasteiger partial charge in [0.15, 0.2) is 0 Å². The molecule has 3 aromatic heterocycles. The molecule has 5 nitrogen and oxygen atoms in total. The average Bonchev–Trinajstić information content (AvgIpc) is 3.08. The zero-order valence-corrected chi connectivity index (χ0v) is 12.3. The molecule has 4 rings (SSSR count). The van der Waals surface area contributed by atoms with Crippen LogP contribution in [-0.4, -0.2) is 25.9 Å². The monoisotopic (exact) mass is 290 g/mol. The maximum Gasteiger partial charge on any atom is 0.233 e. The Labute approximate surface area is 126 Å². The number of aryl methyl sites for hydroxylation is 1. The van der Waals surface area contributed by atoms with E-state index in [-0.39, 0.29) is 5.78 Å². The summed E-state index contributed by atoms with van der Waals surface area (Å²) < 4.78 is 0. The average molecular weight is 290 g/mol. The van der Waals surface area contributed by atoms with E-state index >= 15 is 0 Å². The Morgan fingerprint density at radius 3 is 2.64 bits per heavy atom. The van der Waals surface area contributed by atoms with Gasteiger partial charge in [0.1, 0.15) is 11.4 Å². The number of para-hydroxylation sites is 1. The third-order valence-corrected chi connectivity index (χ3v) is 4.11. The fourth-order valence-electron chi connectivity index (χ4n) is 2.76. The molecule has 0 fully saturated rings. The minimum atomic E-state index is -0.168. The second-order valence-electron chi connectivity index (χ2n) is 5.40. The van der Waals surface area contributed by atoms with Crippen LogP contribution in [0.1, 0.15) is 27.4 Å². The number of aromatic amines is 2. The van der Waals surface area contributed by atoms with E-state index in [2.05, 4.69) is 20.2 Å². The van der Waals surface area contributed by atoms with E-state index in [0.717, 1.165) is 33.1 Å². The van der Waals surface area contributed by atoms with Gasteiger partial charge in [0.25, 0.3) is 0 Å². The lowest BCUT2D eigenvalue weighted by Crippen LogP contribution is -2.07. The molecule has 0 amide bonds. The zero-order valence-electron chi connectivity index (χ0n) is 12.3. The molecule has 0 bridgehead atoms. The number of hydrogen-bond acceptors (Lipinski definition) is 3. The van der Waals surface area contributed by atoms with Crippen LogP contribution < -0.4 is 0 Å². The number of hydrogen-bond donors (Lipinski definition) is 2. The Bertz CT molecular complexity index is 1030. The molecule has 4 aromatic rings. The number of ketones is 1. The molecule has 0 spiro atoms. The van der Waals surface area contributed by atoms with E-state index < -0.39 is 0 Å². The lowest BCUT2D eigenvalue weighted by Gasteiger charge is -2.00. The van der Waals surface area contributed by atoms with Gasteiger partial charge in [-0.2, -0.15) is 5.10 Å². The van der Waals surface area contributed by atoms with Crippen LogP contribution in [0.3, 0.4) is 0 Å². The third kappa shape index (κ3) is 1.69. The highest BCUT2D eigenvalue weighted by atomic mass is 16.1. The van der Waals surface area contributed by atoms with Gasteiger partial charge in [-0.25, -0.2) is 0 Å². The summed E-state index contributed by atoms with van der Waals surface area (Å²) in [5, 5.41) is 9.06. The fraction of sp³-hybridized carbons (Fsp3) is 0.118. The molecular formula is C17H14N4O. The SMILES string of the molecule is Cc1[nH]nc(C(=O)c2nccc3c2[nH]c2ccccc23)c1C. The molecule has 2 N–H and O–H groups in total. The van der Waals surface area contributed by atoms with Gasteiger partial charge < -0.3 is 4.98 Å². The first kappa shape index (κ1) is 12.8. The summed E-state index contributed by atoms with van der Waals surface area (Å²) in [6.07, 6.45) is 1.67. The predicted molar refractivity (Wildman–Crippen MR) is 85.1 cm³/mol. The van der Waals surface area contributed by atoms with Crippen LogP contribution >= 0.6 is 0 Å². The molecule has 108 valence electrons. The van der Waals surface area contributed by atoms with Crippen molar-refractivity contribution in [3.05, 3.63) is 59.2 Å². The fourth-order valence-corrected chi connectivity index (χ4v) is 2.76. The molecule has 0 atom stereocenters. The number of benzene rings is 1. The molecule has 0 radical (unpaired) electrons. The molecule has 3 heterocycles. The predicted octanol–water partition coefficient (Wildman–Crippen LogP) is 3.29. The molecule has 1 aromatic carbocycles. The van der Waals surface area contributed by atoms with E-state index in [4.69, 9.17) is 0 Å². The maximum atomic E-state index is 12.8. The topological polar surface area (TPSA) is 74.4 Å². The highest BCUT2D eigenvalue weighted by Crippen LogP contribution is 2.27. The number of nitrogens with zero attached hydrogens (tertiary/aromatic N) is 2. The Hall–Kier alpha value is -2.95. The van der Waals surface area contributed by atoms with Crippen molar-refractivity contribution in [2.45, 2.75) is 13.8 Å². The summed E-state index contributed by atoms with van der Waals surface area (Å²) in [5.41, 5.74) is 4.34. The molecule has 5 heteroatoms. The van der Waals surface area contributed by atoms with Crippen LogP contribution in [0.4, 0.5) is 0 Å². The Balaban J connectivity index is 1.99. The van der Waals surface area contributed by atoms with Gasteiger partial charge >= 0.3 is 0 Å². The van der Waals surface area contributed by atoms with E-state index in [0.29, 0.717) is 11.4 Å². The number of carbonyl (C=O) groups excluding carboxylic acids is 1. The summed E-state index contributed by atoms with van der Waals surface area (Å²) in [5.74, 6) is -0.168. The van der Waals surface area contributed by atoms with Crippen molar-refractivity contribution in [2.24, 2.45) is 0 Å².